The smallest absolute Gasteiger partial charge is 0.169 e. The van der Waals surface area contributed by atoms with Crippen molar-refractivity contribution in [2.75, 3.05) is 0 Å². The molecule has 0 aliphatic rings. The summed E-state index contributed by atoms with van der Waals surface area (Å²) in [5.41, 5.74) is 1.31. The summed E-state index contributed by atoms with van der Waals surface area (Å²) in [4.78, 5) is 11.9. The average molecular weight is 211 g/mol. The van der Waals surface area contributed by atoms with E-state index in [4.69, 9.17) is 11.6 Å². The van der Waals surface area contributed by atoms with Crippen LogP contribution >= 0.6 is 11.6 Å². The van der Waals surface area contributed by atoms with Crippen LogP contribution in [-0.4, -0.2) is 5.78 Å². The van der Waals surface area contributed by atoms with Crippen molar-refractivity contribution >= 4 is 17.4 Å². The summed E-state index contributed by atoms with van der Waals surface area (Å²) in [7, 11) is 0. The second-order valence-electron chi connectivity index (χ2n) is 4.56. The van der Waals surface area contributed by atoms with Crippen molar-refractivity contribution in [2.45, 2.75) is 27.7 Å². The van der Waals surface area contributed by atoms with Crippen molar-refractivity contribution in [3.05, 3.63) is 34.3 Å². The fourth-order valence-corrected chi connectivity index (χ4v) is 1.53. The van der Waals surface area contributed by atoms with E-state index in [1.54, 1.807) is 6.07 Å². The monoisotopic (exact) mass is 210 g/mol. The van der Waals surface area contributed by atoms with Gasteiger partial charge in [-0.1, -0.05) is 38.4 Å². The van der Waals surface area contributed by atoms with E-state index in [1.807, 2.05) is 39.8 Å². The van der Waals surface area contributed by atoms with Gasteiger partial charge in [0.05, 0.1) is 5.02 Å². The van der Waals surface area contributed by atoms with E-state index in [0.29, 0.717) is 10.6 Å². The van der Waals surface area contributed by atoms with E-state index < -0.39 is 0 Å². The molecule has 0 aromatic heterocycles. The highest BCUT2D eigenvalue weighted by Gasteiger charge is 2.24. The number of carbonyl (C=O) groups is 1. The van der Waals surface area contributed by atoms with Crippen molar-refractivity contribution in [3.8, 4) is 0 Å². The SMILES string of the molecule is Cc1ccc(C(=O)C(C)(C)C)c(Cl)c1. The summed E-state index contributed by atoms with van der Waals surface area (Å²) in [5, 5.41) is 0.546. The number of carbonyl (C=O) groups excluding carboxylic acids is 1. The molecule has 0 N–H and O–H groups in total. The number of Topliss-reactive ketones (excluding diaryl/α,β-unsaturated/α-hetero) is 1. The third kappa shape index (κ3) is 2.36. The third-order valence-electron chi connectivity index (χ3n) is 2.05. The van der Waals surface area contributed by atoms with Gasteiger partial charge >= 0.3 is 0 Å². The lowest BCUT2D eigenvalue weighted by molar-refractivity contribution is 0.0858. The number of hydrogen-bond donors (Lipinski definition) is 0. The van der Waals surface area contributed by atoms with Crippen LogP contribution in [0.15, 0.2) is 18.2 Å². The average Bonchev–Trinajstić information content (AvgIpc) is 2.01. The number of hydrogen-bond acceptors (Lipinski definition) is 1. The van der Waals surface area contributed by atoms with Crippen molar-refractivity contribution < 1.29 is 4.79 Å². The summed E-state index contributed by atoms with van der Waals surface area (Å²) >= 11 is 6.01. The summed E-state index contributed by atoms with van der Waals surface area (Å²) in [6.45, 7) is 7.64. The van der Waals surface area contributed by atoms with Crippen molar-refractivity contribution in [2.24, 2.45) is 5.41 Å². The Labute approximate surface area is 90.1 Å². The summed E-state index contributed by atoms with van der Waals surface area (Å²) < 4.78 is 0. The Balaban J connectivity index is 3.15. The minimum Gasteiger partial charge on any atom is -0.294 e. The number of benzene rings is 1. The minimum atomic E-state index is -0.376. The van der Waals surface area contributed by atoms with Crippen LogP contribution in [0.1, 0.15) is 36.7 Å². The minimum absolute atomic E-state index is 0.0856. The largest absolute Gasteiger partial charge is 0.294 e. The molecule has 14 heavy (non-hydrogen) atoms. The second kappa shape index (κ2) is 3.74. The quantitative estimate of drug-likeness (QED) is 0.643. The fourth-order valence-electron chi connectivity index (χ4n) is 1.21. The van der Waals surface area contributed by atoms with Crippen LogP contribution in [-0.2, 0) is 0 Å². The number of ketones is 1. The molecule has 0 unspecified atom stereocenters. The van der Waals surface area contributed by atoms with Gasteiger partial charge in [-0.05, 0) is 24.6 Å². The molecule has 0 atom stereocenters. The molecule has 1 aromatic carbocycles. The number of halogens is 1. The summed E-state index contributed by atoms with van der Waals surface area (Å²) in [6.07, 6.45) is 0. The van der Waals surface area contributed by atoms with E-state index in [9.17, 15) is 4.79 Å². The maximum Gasteiger partial charge on any atom is 0.169 e. The molecule has 76 valence electrons. The van der Waals surface area contributed by atoms with Crippen LogP contribution in [0.5, 0.6) is 0 Å². The third-order valence-corrected chi connectivity index (χ3v) is 2.36. The summed E-state index contributed by atoms with van der Waals surface area (Å²) in [6, 6.07) is 5.52. The molecule has 0 saturated carbocycles. The molecule has 0 aliphatic heterocycles. The zero-order chi connectivity index (χ0) is 10.9. The van der Waals surface area contributed by atoms with Gasteiger partial charge in [0.1, 0.15) is 0 Å². The van der Waals surface area contributed by atoms with Crippen LogP contribution in [0.4, 0.5) is 0 Å². The lowest BCUT2D eigenvalue weighted by Crippen LogP contribution is -2.20. The Bertz CT molecular complexity index is 361. The second-order valence-corrected chi connectivity index (χ2v) is 4.97. The van der Waals surface area contributed by atoms with Gasteiger partial charge in [-0.2, -0.15) is 0 Å². The van der Waals surface area contributed by atoms with Crippen LogP contribution < -0.4 is 0 Å². The standard InChI is InChI=1S/C12H15ClO/c1-8-5-6-9(10(13)7-8)11(14)12(2,3)4/h5-7H,1-4H3. The highest BCUT2D eigenvalue weighted by Crippen LogP contribution is 2.26. The molecule has 0 radical (unpaired) electrons. The Morgan fingerprint density at radius 2 is 1.86 bits per heavy atom. The lowest BCUT2D eigenvalue weighted by atomic mass is 9.86. The molecule has 1 aromatic rings. The van der Waals surface area contributed by atoms with Gasteiger partial charge in [-0.15, -0.1) is 0 Å². The molecular formula is C12H15ClO. The van der Waals surface area contributed by atoms with Gasteiger partial charge in [-0.25, -0.2) is 0 Å². The molecule has 2 heteroatoms. The first-order valence-corrected chi connectivity index (χ1v) is 5.01. The zero-order valence-electron chi connectivity index (χ0n) is 9.02. The molecule has 1 nitrogen and oxygen atoms in total. The van der Waals surface area contributed by atoms with Gasteiger partial charge in [-0.3, -0.25) is 4.79 Å². The molecule has 0 bridgehead atoms. The molecular weight excluding hydrogens is 196 g/mol. The molecule has 0 aliphatic carbocycles. The number of rotatable bonds is 1. The van der Waals surface area contributed by atoms with Gasteiger partial charge < -0.3 is 0 Å². The van der Waals surface area contributed by atoms with E-state index in [-0.39, 0.29) is 11.2 Å². The normalized spacial score (nSPS) is 11.5. The molecule has 1 rings (SSSR count). The maximum absolute atomic E-state index is 11.9. The first-order valence-electron chi connectivity index (χ1n) is 4.63. The van der Waals surface area contributed by atoms with Gasteiger partial charge in [0.2, 0.25) is 0 Å². The Hall–Kier alpha value is -0.820. The Morgan fingerprint density at radius 3 is 2.29 bits per heavy atom. The topological polar surface area (TPSA) is 17.1 Å². The van der Waals surface area contributed by atoms with E-state index in [0.717, 1.165) is 5.56 Å². The fraction of sp³-hybridized carbons (Fsp3) is 0.417. The van der Waals surface area contributed by atoms with E-state index >= 15 is 0 Å². The van der Waals surface area contributed by atoms with Crippen molar-refractivity contribution in [1.82, 2.24) is 0 Å². The molecule has 0 saturated heterocycles. The highest BCUT2D eigenvalue weighted by molar-refractivity contribution is 6.34. The predicted octanol–water partition coefficient (Wildman–Crippen LogP) is 3.88. The van der Waals surface area contributed by atoms with Crippen LogP contribution in [0.2, 0.25) is 5.02 Å². The molecule has 0 fully saturated rings. The molecule has 0 spiro atoms. The summed E-state index contributed by atoms with van der Waals surface area (Å²) in [5.74, 6) is 0.0856. The van der Waals surface area contributed by atoms with Crippen LogP contribution in [0, 0.1) is 12.3 Å². The number of aryl methyl sites for hydroxylation is 1. The van der Waals surface area contributed by atoms with E-state index in [1.165, 1.54) is 0 Å². The Kier molecular flexibility index (Phi) is 3.01. The highest BCUT2D eigenvalue weighted by atomic mass is 35.5. The molecule has 0 amide bonds. The van der Waals surface area contributed by atoms with Crippen LogP contribution in [0.3, 0.4) is 0 Å². The van der Waals surface area contributed by atoms with Crippen LogP contribution in [0.25, 0.3) is 0 Å². The van der Waals surface area contributed by atoms with Gasteiger partial charge in [0.25, 0.3) is 0 Å². The van der Waals surface area contributed by atoms with Gasteiger partial charge in [0, 0.05) is 11.0 Å². The predicted molar refractivity (Wildman–Crippen MR) is 60.0 cm³/mol. The first kappa shape index (κ1) is 11.3. The lowest BCUT2D eigenvalue weighted by Gasteiger charge is -2.17. The zero-order valence-corrected chi connectivity index (χ0v) is 9.77. The van der Waals surface area contributed by atoms with Gasteiger partial charge in [0.15, 0.2) is 5.78 Å². The maximum atomic E-state index is 11.9. The van der Waals surface area contributed by atoms with E-state index in [2.05, 4.69) is 0 Å². The Morgan fingerprint density at radius 1 is 1.29 bits per heavy atom. The first-order chi connectivity index (χ1) is 6.32. The van der Waals surface area contributed by atoms with Crippen molar-refractivity contribution in [3.63, 3.8) is 0 Å². The molecule has 0 heterocycles. The van der Waals surface area contributed by atoms with Crippen molar-refractivity contribution in [1.29, 1.82) is 0 Å².